The van der Waals surface area contributed by atoms with E-state index in [1.807, 2.05) is 36.6 Å². The number of para-hydroxylation sites is 1. The van der Waals surface area contributed by atoms with Gasteiger partial charge < -0.3 is 10.7 Å². The summed E-state index contributed by atoms with van der Waals surface area (Å²) in [7, 11) is 0. The van der Waals surface area contributed by atoms with Crippen LogP contribution in [0.5, 0.6) is 0 Å². The second-order valence-electron chi connectivity index (χ2n) is 4.07. The van der Waals surface area contributed by atoms with Crippen LogP contribution in [0, 0.1) is 6.92 Å². The molecule has 0 atom stereocenters. The van der Waals surface area contributed by atoms with E-state index in [0.717, 1.165) is 27.9 Å². The Kier molecular flexibility index (Phi) is 2.41. The molecule has 3 rings (SSSR count). The number of thiazole rings is 1. The monoisotopic (exact) mass is 257 g/mol. The number of nitrogens with two attached hydrogens (primary N) is 1. The van der Waals surface area contributed by atoms with Gasteiger partial charge in [-0.25, -0.2) is 4.98 Å². The lowest BCUT2D eigenvalue weighted by Crippen LogP contribution is -2.10. The third kappa shape index (κ3) is 1.60. The molecule has 4 nitrogen and oxygen atoms in total. The molecule has 18 heavy (non-hydrogen) atoms. The molecule has 0 radical (unpaired) electrons. The number of nitrogens with zero attached hydrogens (tertiary/aromatic N) is 1. The Morgan fingerprint density at radius 3 is 2.89 bits per heavy atom. The number of benzene rings is 1. The summed E-state index contributed by atoms with van der Waals surface area (Å²) in [6, 6.07) is 8.03. The van der Waals surface area contributed by atoms with E-state index in [0.29, 0.717) is 5.01 Å². The lowest BCUT2D eigenvalue weighted by Gasteiger charge is -1.96. The number of aryl methyl sites for hydroxylation is 1. The molecule has 0 fully saturated rings. The molecule has 1 aromatic carbocycles. The van der Waals surface area contributed by atoms with Gasteiger partial charge in [-0.3, -0.25) is 4.79 Å². The minimum absolute atomic E-state index is 0.342. The van der Waals surface area contributed by atoms with E-state index < -0.39 is 5.91 Å². The summed E-state index contributed by atoms with van der Waals surface area (Å²) in [5, 5.41) is 3.31. The molecule has 0 saturated heterocycles. The quantitative estimate of drug-likeness (QED) is 0.741. The predicted molar refractivity (Wildman–Crippen MR) is 72.7 cm³/mol. The number of fused-ring (bicyclic) bond motifs is 1. The van der Waals surface area contributed by atoms with Gasteiger partial charge in [0, 0.05) is 27.5 Å². The highest BCUT2D eigenvalue weighted by molar-refractivity contribution is 7.12. The number of carbonyl (C=O) groups excluding carboxylic acids is 1. The van der Waals surface area contributed by atoms with Crippen LogP contribution in [0.15, 0.2) is 29.6 Å². The number of aromatic amines is 1. The summed E-state index contributed by atoms with van der Waals surface area (Å²) in [6.07, 6.45) is 0. The minimum atomic E-state index is -0.483. The SMILES string of the molecule is Cc1[nH]c2ccccc2c1-c1csc(C(N)=O)n1. The van der Waals surface area contributed by atoms with E-state index in [9.17, 15) is 4.79 Å². The van der Waals surface area contributed by atoms with Gasteiger partial charge in [0.15, 0.2) is 5.01 Å². The maximum atomic E-state index is 11.1. The van der Waals surface area contributed by atoms with Crippen LogP contribution in [0.1, 0.15) is 15.5 Å². The second kappa shape index (κ2) is 3.96. The standard InChI is InChI=1S/C13H11N3OS/c1-7-11(8-4-2-3-5-9(8)15-7)10-6-18-13(16-10)12(14)17/h2-6,15H,1H3,(H2,14,17). The number of hydrogen-bond donors (Lipinski definition) is 2. The van der Waals surface area contributed by atoms with Crippen LogP contribution in [0.3, 0.4) is 0 Å². The zero-order valence-electron chi connectivity index (χ0n) is 9.73. The molecule has 3 N–H and O–H groups in total. The number of aromatic nitrogens is 2. The van der Waals surface area contributed by atoms with Crippen molar-refractivity contribution in [3.05, 3.63) is 40.3 Å². The van der Waals surface area contributed by atoms with Gasteiger partial charge in [0.2, 0.25) is 0 Å². The first-order chi connectivity index (χ1) is 8.66. The average molecular weight is 257 g/mol. The molecule has 90 valence electrons. The van der Waals surface area contributed by atoms with Crippen molar-refractivity contribution < 1.29 is 4.79 Å². The smallest absolute Gasteiger partial charge is 0.277 e. The summed E-state index contributed by atoms with van der Waals surface area (Å²) in [6.45, 7) is 2.00. The number of rotatable bonds is 2. The largest absolute Gasteiger partial charge is 0.364 e. The van der Waals surface area contributed by atoms with E-state index in [2.05, 4.69) is 9.97 Å². The van der Waals surface area contributed by atoms with Gasteiger partial charge in [0.1, 0.15) is 0 Å². The number of H-pyrrole nitrogens is 1. The van der Waals surface area contributed by atoms with Gasteiger partial charge in [0.05, 0.1) is 5.69 Å². The molecule has 3 aromatic rings. The number of hydrogen-bond acceptors (Lipinski definition) is 3. The summed E-state index contributed by atoms with van der Waals surface area (Å²) < 4.78 is 0. The molecule has 0 aliphatic carbocycles. The Balaban J connectivity index is 2.24. The topological polar surface area (TPSA) is 71.8 Å². The summed E-state index contributed by atoms with van der Waals surface area (Å²) in [5.41, 5.74) is 9.17. The fourth-order valence-corrected chi connectivity index (χ4v) is 2.77. The van der Waals surface area contributed by atoms with Crippen molar-refractivity contribution in [3.8, 4) is 11.3 Å². The lowest BCUT2D eigenvalue weighted by atomic mass is 10.1. The van der Waals surface area contributed by atoms with Crippen molar-refractivity contribution in [2.45, 2.75) is 6.92 Å². The molecule has 2 heterocycles. The lowest BCUT2D eigenvalue weighted by molar-refractivity contribution is 0.1000. The van der Waals surface area contributed by atoms with Gasteiger partial charge in [-0.05, 0) is 13.0 Å². The van der Waals surface area contributed by atoms with Crippen molar-refractivity contribution in [1.82, 2.24) is 9.97 Å². The normalized spacial score (nSPS) is 10.9. The van der Waals surface area contributed by atoms with Gasteiger partial charge in [-0.2, -0.15) is 0 Å². The van der Waals surface area contributed by atoms with Crippen molar-refractivity contribution in [1.29, 1.82) is 0 Å². The fourth-order valence-electron chi connectivity index (χ4n) is 2.11. The Hall–Kier alpha value is -2.14. The van der Waals surface area contributed by atoms with Crippen LogP contribution >= 0.6 is 11.3 Å². The third-order valence-electron chi connectivity index (χ3n) is 2.86. The van der Waals surface area contributed by atoms with Gasteiger partial charge in [0.25, 0.3) is 5.91 Å². The maximum Gasteiger partial charge on any atom is 0.277 e. The first-order valence-corrected chi connectivity index (χ1v) is 6.38. The zero-order chi connectivity index (χ0) is 12.7. The molecular weight excluding hydrogens is 246 g/mol. The molecule has 0 aliphatic heterocycles. The fraction of sp³-hybridized carbons (Fsp3) is 0.0769. The number of nitrogens with one attached hydrogen (secondary N) is 1. The molecule has 0 saturated carbocycles. The maximum absolute atomic E-state index is 11.1. The van der Waals surface area contributed by atoms with Crippen molar-refractivity contribution >= 4 is 28.1 Å². The van der Waals surface area contributed by atoms with E-state index in [1.165, 1.54) is 11.3 Å². The molecule has 0 spiro atoms. The van der Waals surface area contributed by atoms with Crippen molar-refractivity contribution in [2.75, 3.05) is 0 Å². The summed E-state index contributed by atoms with van der Waals surface area (Å²) >= 11 is 1.27. The van der Waals surface area contributed by atoms with E-state index in [4.69, 9.17) is 5.73 Å². The van der Waals surface area contributed by atoms with E-state index in [-0.39, 0.29) is 0 Å². The molecular formula is C13H11N3OS. The van der Waals surface area contributed by atoms with Crippen LogP contribution in [0.2, 0.25) is 0 Å². The van der Waals surface area contributed by atoms with Gasteiger partial charge in [-0.15, -0.1) is 11.3 Å². The highest BCUT2D eigenvalue weighted by Crippen LogP contribution is 2.32. The highest BCUT2D eigenvalue weighted by atomic mass is 32.1. The van der Waals surface area contributed by atoms with Gasteiger partial charge >= 0.3 is 0 Å². The van der Waals surface area contributed by atoms with Crippen LogP contribution in [0.4, 0.5) is 0 Å². The Labute approximate surface area is 107 Å². The van der Waals surface area contributed by atoms with Crippen LogP contribution in [-0.4, -0.2) is 15.9 Å². The average Bonchev–Trinajstić information content (AvgIpc) is 2.91. The summed E-state index contributed by atoms with van der Waals surface area (Å²) in [5.74, 6) is -0.483. The third-order valence-corrected chi connectivity index (χ3v) is 3.72. The van der Waals surface area contributed by atoms with Gasteiger partial charge in [-0.1, -0.05) is 18.2 Å². The highest BCUT2D eigenvalue weighted by Gasteiger charge is 2.14. The molecule has 2 aromatic heterocycles. The molecule has 5 heteroatoms. The Morgan fingerprint density at radius 1 is 1.39 bits per heavy atom. The Morgan fingerprint density at radius 2 is 2.17 bits per heavy atom. The molecule has 1 amide bonds. The minimum Gasteiger partial charge on any atom is -0.364 e. The van der Waals surface area contributed by atoms with Crippen LogP contribution in [-0.2, 0) is 0 Å². The first kappa shape index (κ1) is 11.0. The second-order valence-corrected chi connectivity index (χ2v) is 4.93. The van der Waals surface area contributed by atoms with Crippen molar-refractivity contribution in [3.63, 3.8) is 0 Å². The number of amides is 1. The first-order valence-electron chi connectivity index (χ1n) is 5.50. The van der Waals surface area contributed by atoms with Crippen LogP contribution < -0.4 is 5.73 Å². The predicted octanol–water partition coefficient (Wildman–Crippen LogP) is 2.70. The number of carbonyl (C=O) groups is 1. The van der Waals surface area contributed by atoms with E-state index in [1.54, 1.807) is 0 Å². The zero-order valence-corrected chi connectivity index (χ0v) is 10.5. The molecule has 0 bridgehead atoms. The van der Waals surface area contributed by atoms with Crippen molar-refractivity contribution in [2.24, 2.45) is 5.73 Å². The molecule has 0 aliphatic rings. The number of primary amides is 1. The van der Waals surface area contributed by atoms with Crippen LogP contribution in [0.25, 0.3) is 22.2 Å². The Bertz CT molecular complexity index is 742. The molecule has 0 unspecified atom stereocenters. The summed E-state index contributed by atoms with van der Waals surface area (Å²) in [4.78, 5) is 18.7. The van der Waals surface area contributed by atoms with E-state index >= 15 is 0 Å².